The Labute approximate surface area is 75.4 Å². The summed E-state index contributed by atoms with van der Waals surface area (Å²) in [6, 6.07) is 0. The Morgan fingerprint density at radius 1 is 1.14 bits per heavy atom. The van der Waals surface area contributed by atoms with Gasteiger partial charge in [0.1, 0.15) is 0 Å². The fourth-order valence-electron chi connectivity index (χ4n) is 0. The fourth-order valence-corrected chi connectivity index (χ4v) is 0. The normalized spacial score (nSPS) is 8.43. The summed E-state index contributed by atoms with van der Waals surface area (Å²) in [5.41, 5.74) is 0. The molecule has 0 aliphatic carbocycles. The van der Waals surface area contributed by atoms with Gasteiger partial charge >= 0.3 is 71.0 Å². The van der Waals surface area contributed by atoms with Crippen LogP contribution in [0.2, 0.25) is 0 Å². The zero-order valence-electron chi connectivity index (χ0n) is 2.70. The van der Waals surface area contributed by atoms with Gasteiger partial charge in [-0.2, -0.15) is 0 Å². The summed E-state index contributed by atoms with van der Waals surface area (Å²) in [5.74, 6) is 0. The molecular formula is H7CaO5Sb. The van der Waals surface area contributed by atoms with E-state index < -0.39 is 20.1 Å². The molecule has 5 N–H and O–H groups in total. The molecule has 0 aliphatic rings. The Hall–Kier alpha value is 1.72. The SMILES string of the molecule is O.[CaH2].[O]=[Sb]([OH])([OH])[OH]. The fraction of sp³-hybridized carbons (Fsp3) is 0. The molecule has 0 spiro atoms. The quantitative estimate of drug-likeness (QED) is 0.381. The van der Waals surface area contributed by atoms with E-state index in [2.05, 4.69) is 0 Å². The average Bonchev–Trinajstić information content (AvgIpc) is 0.722. The topological polar surface area (TPSA) is 109 Å². The van der Waals surface area contributed by atoms with Gasteiger partial charge in [0, 0.05) is 0 Å². The third kappa shape index (κ3) is 85.5. The van der Waals surface area contributed by atoms with E-state index in [1.54, 1.807) is 0 Å². The van der Waals surface area contributed by atoms with Gasteiger partial charge in [-0.1, -0.05) is 0 Å². The van der Waals surface area contributed by atoms with Gasteiger partial charge in [0.15, 0.2) is 0 Å². The zero-order chi connectivity index (χ0) is 4.50. The molecular weight excluding hydrogens is 242 g/mol. The molecule has 0 saturated carbocycles. The Bertz CT molecular complexity index is 54.2. The van der Waals surface area contributed by atoms with Crippen LogP contribution in [0.1, 0.15) is 0 Å². The Balaban J connectivity index is -0.0000000800. The first kappa shape index (κ1) is 15.9. The Morgan fingerprint density at radius 3 is 1.14 bits per heavy atom. The summed E-state index contributed by atoms with van der Waals surface area (Å²) in [7, 11) is 0. The molecule has 0 bridgehead atoms. The first-order chi connectivity index (χ1) is 2.00. The van der Waals surface area contributed by atoms with Gasteiger partial charge < -0.3 is 5.48 Å². The predicted molar refractivity (Wildman–Crippen MR) is 25.3 cm³/mol. The summed E-state index contributed by atoms with van der Waals surface area (Å²) in [6.45, 7) is 0. The summed E-state index contributed by atoms with van der Waals surface area (Å²) in [6.07, 6.45) is 0. The van der Waals surface area contributed by atoms with Gasteiger partial charge in [0.25, 0.3) is 0 Å². The molecule has 0 heterocycles. The second kappa shape index (κ2) is 5.85. The Kier molecular flexibility index (Phi) is 13.3. The second-order valence-corrected chi connectivity index (χ2v) is 3.44. The van der Waals surface area contributed by atoms with Crippen molar-refractivity contribution in [3.63, 3.8) is 0 Å². The van der Waals surface area contributed by atoms with E-state index >= 15 is 0 Å². The first-order valence-corrected chi connectivity index (χ1v) is 5.25. The Morgan fingerprint density at radius 2 is 1.14 bits per heavy atom. The van der Waals surface area contributed by atoms with Crippen molar-refractivity contribution in [1.29, 1.82) is 0 Å². The number of rotatable bonds is 0. The summed E-state index contributed by atoms with van der Waals surface area (Å²) in [5, 5.41) is 0. The van der Waals surface area contributed by atoms with Crippen molar-refractivity contribution < 1.29 is 18.6 Å². The van der Waals surface area contributed by atoms with Crippen LogP contribution in [0, 0.1) is 0 Å². The van der Waals surface area contributed by atoms with Crippen LogP contribution in [-0.2, 0) is 3.02 Å². The molecule has 0 fully saturated rings. The van der Waals surface area contributed by atoms with Crippen molar-refractivity contribution in [2.24, 2.45) is 0 Å². The monoisotopic (exact) mass is 248 g/mol. The summed E-state index contributed by atoms with van der Waals surface area (Å²) < 4.78 is 30.8. The van der Waals surface area contributed by atoms with Gasteiger partial charge in [0.2, 0.25) is 0 Å². The minimum absolute atomic E-state index is 0. The van der Waals surface area contributed by atoms with Crippen LogP contribution in [0.5, 0.6) is 0 Å². The molecule has 7 heteroatoms. The molecule has 0 aliphatic heterocycles. The minimum atomic E-state index is -5.35. The molecule has 0 rings (SSSR count). The van der Waals surface area contributed by atoms with Crippen LogP contribution < -0.4 is 0 Å². The molecule has 5 nitrogen and oxygen atoms in total. The van der Waals surface area contributed by atoms with E-state index in [0.717, 1.165) is 0 Å². The summed E-state index contributed by atoms with van der Waals surface area (Å²) in [4.78, 5) is 0. The van der Waals surface area contributed by atoms with Crippen molar-refractivity contribution in [3.05, 3.63) is 0 Å². The van der Waals surface area contributed by atoms with E-state index in [9.17, 15) is 0 Å². The maximum absolute atomic E-state index is 8.97. The van der Waals surface area contributed by atoms with Crippen molar-refractivity contribution >= 4 is 57.8 Å². The molecule has 44 valence electrons. The standard InChI is InChI=1S/Ca.4H2O.O.Sb.2H/h;4*1H2;;;;/q;;;;;;+3;;/p-3. The molecule has 0 amide bonds. The van der Waals surface area contributed by atoms with E-state index in [0.29, 0.717) is 0 Å². The molecule has 0 aromatic rings. The third-order valence-corrected chi connectivity index (χ3v) is 0. The van der Waals surface area contributed by atoms with E-state index in [1.807, 2.05) is 0 Å². The van der Waals surface area contributed by atoms with Crippen LogP contribution in [0.15, 0.2) is 0 Å². The van der Waals surface area contributed by atoms with Gasteiger partial charge in [-0.3, -0.25) is 0 Å². The van der Waals surface area contributed by atoms with Crippen molar-refractivity contribution in [2.45, 2.75) is 0 Å². The maximum atomic E-state index is 8.97. The molecule has 0 saturated heterocycles. The van der Waals surface area contributed by atoms with Crippen LogP contribution in [0.4, 0.5) is 0 Å². The third-order valence-electron chi connectivity index (χ3n) is 0. The van der Waals surface area contributed by atoms with Gasteiger partial charge in [-0.05, 0) is 0 Å². The van der Waals surface area contributed by atoms with Crippen LogP contribution >= 0.6 is 0 Å². The summed E-state index contributed by atoms with van der Waals surface area (Å²) >= 11 is -5.35. The average molecular weight is 249 g/mol. The van der Waals surface area contributed by atoms with E-state index in [4.69, 9.17) is 13.2 Å². The van der Waals surface area contributed by atoms with Gasteiger partial charge in [-0.25, -0.2) is 0 Å². The zero-order valence-corrected chi connectivity index (χ0v) is 5.25. The van der Waals surface area contributed by atoms with Crippen LogP contribution in [-0.4, -0.2) is 73.4 Å². The van der Waals surface area contributed by atoms with E-state index in [1.165, 1.54) is 0 Å². The van der Waals surface area contributed by atoms with E-state index in [-0.39, 0.29) is 43.2 Å². The predicted octanol–water partition coefficient (Wildman–Crippen LogP) is -3.91. The molecule has 0 aromatic heterocycles. The van der Waals surface area contributed by atoms with Crippen molar-refractivity contribution in [2.75, 3.05) is 0 Å². The molecule has 0 atom stereocenters. The molecule has 0 radical (unpaired) electrons. The van der Waals surface area contributed by atoms with Crippen LogP contribution in [0.3, 0.4) is 0 Å². The molecule has 0 aromatic carbocycles. The first-order valence-electron chi connectivity index (χ1n) is 0.783. The second-order valence-electron chi connectivity index (χ2n) is 0.513. The number of hydrogen-bond acceptors (Lipinski definition) is 1. The molecule has 7 heavy (non-hydrogen) atoms. The van der Waals surface area contributed by atoms with Gasteiger partial charge in [0.05, 0.1) is 0 Å². The van der Waals surface area contributed by atoms with Crippen molar-refractivity contribution in [3.8, 4) is 0 Å². The number of hydrogen-bond donors (Lipinski definition) is 3. The van der Waals surface area contributed by atoms with Crippen molar-refractivity contribution in [1.82, 2.24) is 0 Å². The van der Waals surface area contributed by atoms with Crippen LogP contribution in [0.25, 0.3) is 0 Å². The van der Waals surface area contributed by atoms with Gasteiger partial charge in [-0.15, -0.1) is 0 Å². The molecule has 0 unspecified atom stereocenters.